The number of nitriles is 1. The van der Waals surface area contributed by atoms with Crippen LogP contribution in [-0.4, -0.2) is 6.04 Å². The maximum Gasteiger partial charge on any atom is 0.141 e. The fourth-order valence-electron chi connectivity index (χ4n) is 3.00. The Morgan fingerprint density at radius 3 is 2.67 bits per heavy atom. The molecule has 0 aromatic heterocycles. The van der Waals surface area contributed by atoms with E-state index in [1.807, 2.05) is 6.07 Å². The van der Waals surface area contributed by atoms with E-state index in [-0.39, 0.29) is 5.56 Å². The lowest BCUT2D eigenvalue weighted by Gasteiger charge is -2.20. The van der Waals surface area contributed by atoms with Crippen LogP contribution in [0.5, 0.6) is 0 Å². The number of nitrogens with zero attached hydrogens (tertiary/aromatic N) is 1. The highest BCUT2D eigenvalue weighted by Gasteiger charge is 2.36. The summed E-state index contributed by atoms with van der Waals surface area (Å²) in [5, 5.41) is 12.3. The second-order valence-corrected chi connectivity index (χ2v) is 6.11. The Balaban J connectivity index is 2.13. The summed E-state index contributed by atoms with van der Waals surface area (Å²) in [4.78, 5) is 0. The molecule has 2 atom stereocenters. The van der Waals surface area contributed by atoms with Gasteiger partial charge in [-0.2, -0.15) is 5.26 Å². The lowest BCUT2D eigenvalue weighted by atomic mass is 9.91. The Hall–Kier alpha value is -1.56. The number of benzene rings is 1. The zero-order chi connectivity index (χ0) is 13.3. The minimum absolute atomic E-state index is 0.102. The summed E-state index contributed by atoms with van der Waals surface area (Å²) in [6.07, 6.45) is 2.30. The molecular weight excluding hydrogens is 227 g/mol. The smallest absolute Gasteiger partial charge is 0.141 e. The van der Waals surface area contributed by atoms with Gasteiger partial charge in [-0.3, -0.25) is 0 Å². The molecule has 1 saturated carbocycles. The van der Waals surface area contributed by atoms with Gasteiger partial charge < -0.3 is 5.32 Å². The summed E-state index contributed by atoms with van der Waals surface area (Å²) in [7, 11) is 0. The van der Waals surface area contributed by atoms with Crippen LogP contribution in [0.3, 0.4) is 0 Å². The second-order valence-electron chi connectivity index (χ2n) is 6.11. The lowest BCUT2D eigenvalue weighted by molar-refractivity contribution is 0.366. The third-order valence-electron chi connectivity index (χ3n) is 3.77. The minimum atomic E-state index is -0.456. The summed E-state index contributed by atoms with van der Waals surface area (Å²) >= 11 is 0. The molecule has 1 aromatic carbocycles. The van der Waals surface area contributed by atoms with Gasteiger partial charge in [0.2, 0.25) is 0 Å². The van der Waals surface area contributed by atoms with Crippen LogP contribution in [0.4, 0.5) is 10.1 Å². The molecule has 0 heterocycles. The molecule has 18 heavy (non-hydrogen) atoms. The highest BCUT2D eigenvalue weighted by atomic mass is 19.1. The number of hydrogen-bond acceptors (Lipinski definition) is 2. The van der Waals surface area contributed by atoms with Crippen molar-refractivity contribution < 1.29 is 4.39 Å². The summed E-state index contributed by atoms with van der Waals surface area (Å²) in [5.41, 5.74) is 1.29. The summed E-state index contributed by atoms with van der Waals surface area (Å²) in [6, 6.07) is 6.92. The van der Waals surface area contributed by atoms with Crippen molar-refractivity contribution in [3.05, 3.63) is 29.6 Å². The average molecular weight is 246 g/mol. The Bertz CT molecular complexity index is 488. The Kier molecular flexibility index (Phi) is 3.30. The highest BCUT2D eigenvalue weighted by Crippen LogP contribution is 2.42. The van der Waals surface area contributed by atoms with Gasteiger partial charge in [0.05, 0.1) is 5.56 Å². The predicted octanol–water partition coefficient (Wildman–Crippen LogP) is 3.93. The third kappa shape index (κ3) is 2.64. The van der Waals surface area contributed by atoms with Gasteiger partial charge in [-0.15, -0.1) is 0 Å². The molecule has 2 rings (SSSR count). The molecule has 0 bridgehead atoms. The Morgan fingerprint density at radius 2 is 2.11 bits per heavy atom. The molecule has 1 aromatic rings. The molecule has 0 spiro atoms. The summed E-state index contributed by atoms with van der Waals surface area (Å²) < 4.78 is 13.2. The SMILES string of the molecule is CC1CC(C)(C)CC1Nc1ccc(F)c(C#N)c1. The highest BCUT2D eigenvalue weighted by molar-refractivity contribution is 5.50. The van der Waals surface area contributed by atoms with Crippen LogP contribution in [0.1, 0.15) is 39.2 Å². The number of halogens is 1. The molecular formula is C15H19FN2. The van der Waals surface area contributed by atoms with Crippen molar-refractivity contribution in [3.8, 4) is 6.07 Å². The standard InChI is InChI=1S/C15H19FN2/c1-10-7-15(2,3)8-14(10)18-12-4-5-13(16)11(6-12)9-17/h4-6,10,14,18H,7-8H2,1-3H3. The van der Waals surface area contributed by atoms with Crippen molar-refractivity contribution in [2.75, 3.05) is 5.32 Å². The maximum atomic E-state index is 13.2. The van der Waals surface area contributed by atoms with Crippen LogP contribution in [0.15, 0.2) is 18.2 Å². The van der Waals surface area contributed by atoms with E-state index >= 15 is 0 Å². The lowest BCUT2D eigenvalue weighted by Crippen LogP contribution is -2.22. The molecule has 1 aliphatic carbocycles. The number of anilines is 1. The molecule has 2 nitrogen and oxygen atoms in total. The topological polar surface area (TPSA) is 35.8 Å². The van der Waals surface area contributed by atoms with Gasteiger partial charge in [-0.05, 0) is 42.4 Å². The van der Waals surface area contributed by atoms with Crippen LogP contribution >= 0.6 is 0 Å². The van der Waals surface area contributed by atoms with Crippen LogP contribution in [0.25, 0.3) is 0 Å². The van der Waals surface area contributed by atoms with E-state index in [0.29, 0.717) is 17.4 Å². The monoisotopic (exact) mass is 246 g/mol. The van der Waals surface area contributed by atoms with Crippen molar-refractivity contribution in [3.63, 3.8) is 0 Å². The Labute approximate surface area is 108 Å². The van der Waals surface area contributed by atoms with E-state index in [0.717, 1.165) is 12.1 Å². The van der Waals surface area contributed by atoms with E-state index in [4.69, 9.17) is 5.26 Å². The first-order valence-electron chi connectivity index (χ1n) is 6.37. The van der Waals surface area contributed by atoms with E-state index in [1.165, 1.54) is 12.5 Å². The third-order valence-corrected chi connectivity index (χ3v) is 3.77. The molecule has 1 aliphatic rings. The normalized spacial score (nSPS) is 25.7. The van der Waals surface area contributed by atoms with Gasteiger partial charge in [-0.25, -0.2) is 4.39 Å². The first kappa shape index (κ1) is 12.9. The van der Waals surface area contributed by atoms with E-state index < -0.39 is 5.82 Å². The van der Waals surface area contributed by atoms with Crippen molar-refractivity contribution in [2.24, 2.45) is 11.3 Å². The van der Waals surface area contributed by atoms with Gasteiger partial charge in [0, 0.05) is 11.7 Å². The summed E-state index contributed by atoms with van der Waals surface area (Å²) in [6.45, 7) is 6.79. The van der Waals surface area contributed by atoms with Crippen molar-refractivity contribution in [1.82, 2.24) is 0 Å². The first-order chi connectivity index (χ1) is 8.41. The van der Waals surface area contributed by atoms with Gasteiger partial charge >= 0.3 is 0 Å². The minimum Gasteiger partial charge on any atom is -0.382 e. The van der Waals surface area contributed by atoms with Gasteiger partial charge in [-0.1, -0.05) is 20.8 Å². The average Bonchev–Trinajstić information content (AvgIpc) is 2.54. The quantitative estimate of drug-likeness (QED) is 0.858. The van der Waals surface area contributed by atoms with Crippen LogP contribution in [0, 0.1) is 28.5 Å². The van der Waals surface area contributed by atoms with Gasteiger partial charge in [0.15, 0.2) is 0 Å². The van der Waals surface area contributed by atoms with Crippen LogP contribution < -0.4 is 5.32 Å². The van der Waals surface area contributed by atoms with E-state index in [1.54, 1.807) is 12.1 Å². The number of rotatable bonds is 2. The molecule has 96 valence electrons. The molecule has 1 N–H and O–H groups in total. The molecule has 3 heteroatoms. The molecule has 0 aliphatic heterocycles. The zero-order valence-electron chi connectivity index (χ0n) is 11.1. The molecule has 2 unspecified atom stereocenters. The molecule has 1 fully saturated rings. The van der Waals surface area contributed by atoms with Crippen molar-refractivity contribution >= 4 is 5.69 Å². The van der Waals surface area contributed by atoms with Gasteiger partial charge in [0.25, 0.3) is 0 Å². The zero-order valence-corrected chi connectivity index (χ0v) is 11.1. The van der Waals surface area contributed by atoms with Gasteiger partial charge in [0.1, 0.15) is 11.9 Å². The maximum absolute atomic E-state index is 13.2. The molecule has 0 saturated heterocycles. The fraction of sp³-hybridized carbons (Fsp3) is 0.533. The Morgan fingerprint density at radius 1 is 1.39 bits per heavy atom. The summed E-state index contributed by atoms with van der Waals surface area (Å²) in [5.74, 6) is 0.137. The van der Waals surface area contributed by atoms with Crippen molar-refractivity contribution in [1.29, 1.82) is 5.26 Å². The molecule has 0 radical (unpaired) electrons. The van der Waals surface area contributed by atoms with E-state index in [9.17, 15) is 4.39 Å². The second kappa shape index (κ2) is 4.61. The van der Waals surface area contributed by atoms with Crippen molar-refractivity contribution in [2.45, 2.75) is 39.7 Å². The molecule has 0 amide bonds. The van der Waals surface area contributed by atoms with Crippen LogP contribution in [0.2, 0.25) is 0 Å². The predicted molar refractivity (Wildman–Crippen MR) is 70.7 cm³/mol. The van der Waals surface area contributed by atoms with E-state index in [2.05, 4.69) is 26.1 Å². The van der Waals surface area contributed by atoms with Crippen LogP contribution in [-0.2, 0) is 0 Å². The largest absolute Gasteiger partial charge is 0.382 e. The first-order valence-corrected chi connectivity index (χ1v) is 6.37. The number of nitrogens with one attached hydrogen (secondary N) is 1. The number of hydrogen-bond donors (Lipinski definition) is 1. The fourth-order valence-corrected chi connectivity index (χ4v) is 3.00.